The SMILES string of the molecule is CCN1CCN(CC(O)Cn2c3ccc(F)cc3c3cc(F)ccc32)S1. The molecule has 1 atom stereocenters. The molecule has 4 rings (SSSR count). The Morgan fingerprint density at radius 3 is 2.08 bits per heavy atom. The van der Waals surface area contributed by atoms with Crippen molar-refractivity contribution in [1.82, 2.24) is 13.2 Å². The number of β-amino-alcohol motifs (C(OH)–C–C–N with tert-alkyl or cyclic N) is 1. The summed E-state index contributed by atoms with van der Waals surface area (Å²) in [6, 6.07) is 9.04. The van der Waals surface area contributed by atoms with E-state index in [0.717, 1.165) is 30.7 Å². The van der Waals surface area contributed by atoms with E-state index in [-0.39, 0.29) is 11.6 Å². The summed E-state index contributed by atoms with van der Waals surface area (Å²) in [7, 11) is 0. The Morgan fingerprint density at radius 1 is 0.962 bits per heavy atom. The smallest absolute Gasteiger partial charge is 0.123 e. The Balaban J connectivity index is 1.64. The van der Waals surface area contributed by atoms with Crippen LogP contribution >= 0.6 is 12.1 Å². The fourth-order valence-corrected chi connectivity index (χ4v) is 4.56. The fourth-order valence-electron chi connectivity index (χ4n) is 3.56. The van der Waals surface area contributed by atoms with Crippen molar-refractivity contribution in [1.29, 1.82) is 0 Å². The third-order valence-corrected chi connectivity index (χ3v) is 6.01. The first kappa shape index (κ1) is 17.7. The molecule has 1 saturated heterocycles. The van der Waals surface area contributed by atoms with Crippen molar-refractivity contribution < 1.29 is 13.9 Å². The molecule has 0 spiro atoms. The van der Waals surface area contributed by atoms with Gasteiger partial charge in [0, 0.05) is 60.1 Å². The number of fused-ring (bicyclic) bond motifs is 3. The van der Waals surface area contributed by atoms with Crippen LogP contribution in [-0.4, -0.2) is 50.6 Å². The molecular formula is C19H21F2N3OS. The second-order valence-electron chi connectivity index (χ2n) is 6.58. The molecule has 2 heterocycles. The third kappa shape index (κ3) is 3.32. The Kier molecular flexibility index (Phi) is 4.88. The summed E-state index contributed by atoms with van der Waals surface area (Å²) < 4.78 is 33.8. The summed E-state index contributed by atoms with van der Waals surface area (Å²) in [5.74, 6) is -0.705. The van der Waals surface area contributed by atoms with Gasteiger partial charge in [-0.3, -0.25) is 0 Å². The number of likely N-dealkylation sites (N-methyl/N-ethyl adjacent to an activating group) is 1. The summed E-state index contributed by atoms with van der Waals surface area (Å²) >= 11 is 1.66. The van der Waals surface area contributed by atoms with Crippen LogP contribution in [0.15, 0.2) is 36.4 Å². The van der Waals surface area contributed by atoms with Crippen LogP contribution in [0.4, 0.5) is 8.78 Å². The molecule has 0 aliphatic carbocycles. The first-order valence-electron chi connectivity index (χ1n) is 8.78. The highest BCUT2D eigenvalue weighted by atomic mass is 32.2. The van der Waals surface area contributed by atoms with E-state index in [1.807, 2.05) is 4.57 Å². The molecular weight excluding hydrogens is 356 g/mol. The number of aliphatic hydroxyl groups excluding tert-OH is 1. The number of hydrogen-bond acceptors (Lipinski definition) is 4. The Hall–Kier alpha value is -1.67. The number of rotatable bonds is 5. The zero-order valence-electron chi connectivity index (χ0n) is 14.5. The molecule has 1 N–H and O–H groups in total. The average Bonchev–Trinajstić information content (AvgIpc) is 3.18. The Bertz CT molecular complexity index is 886. The van der Waals surface area contributed by atoms with Gasteiger partial charge in [-0.2, -0.15) is 0 Å². The molecule has 1 aliphatic heterocycles. The molecule has 0 saturated carbocycles. The number of halogens is 2. The molecule has 1 unspecified atom stereocenters. The van der Waals surface area contributed by atoms with Gasteiger partial charge in [0.1, 0.15) is 11.6 Å². The van der Waals surface area contributed by atoms with Gasteiger partial charge in [0.2, 0.25) is 0 Å². The first-order chi connectivity index (χ1) is 12.5. The molecule has 1 aliphatic rings. The average molecular weight is 377 g/mol. The molecule has 138 valence electrons. The molecule has 1 fully saturated rings. The van der Waals surface area contributed by atoms with Crippen LogP contribution < -0.4 is 0 Å². The normalized spacial score (nSPS) is 17.5. The van der Waals surface area contributed by atoms with E-state index in [4.69, 9.17) is 0 Å². The summed E-state index contributed by atoms with van der Waals surface area (Å²) in [5, 5.41) is 12.0. The lowest BCUT2D eigenvalue weighted by Crippen LogP contribution is -2.29. The van der Waals surface area contributed by atoms with E-state index < -0.39 is 6.10 Å². The second-order valence-corrected chi connectivity index (χ2v) is 7.77. The van der Waals surface area contributed by atoms with E-state index in [0.29, 0.717) is 23.9 Å². The zero-order valence-corrected chi connectivity index (χ0v) is 15.3. The molecule has 3 aromatic rings. The minimum atomic E-state index is -0.576. The van der Waals surface area contributed by atoms with Crippen LogP contribution in [0.2, 0.25) is 0 Å². The highest BCUT2D eigenvalue weighted by molar-refractivity contribution is 7.94. The zero-order chi connectivity index (χ0) is 18.3. The summed E-state index contributed by atoms with van der Waals surface area (Å²) in [5.41, 5.74) is 1.60. The van der Waals surface area contributed by atoms with Crippen molar-refractivity contribution in [2.24, 2.45) is 0 Å². The van der Waals surface area contributed by atoms with Crippen molar-refractivity contribution in [2.75, 3.05) is 26.2 Å². The Labute approximate surface area is 155 Å². The molecule has 0 bridgehead atoms. The van der Waals surface area contributed by atoms with E-state index in [2.05, 4.69) is 15.5 Å². The number of benzene rings is 2. The van der Waals surface area contributed by atoms with Gasteiger partial charge < -0.3 is 9.67 Å². The first-order valence-corrected chi connectivity index (χ1v) is 9.51. The minimum Gasteiger partial charge on any atom is -0.390 e. The number of hydrogen-bond donors (Lipinski definition) is 1. The minimum absolute atomic E-state index is 0.352. The van der Waals surface area contributed by atoms with Crippen LogP contribution in [0.3, 0.4) is 0 Å². The monoisotopic (exact) mass is 377 g/mol. The van der Waals surface area contributed by atoms with Gasteiger partial charge in [0.25, 0.3) is 0 Å². The van der Waals surface area contributed by atoms with Gasteiger partial charge in [-0.25, -0.2) is 17.4 Å². The van der Waals surface area contributed by atoms with Gasteiger partial charge in [-0.05, 0) is 36.4 Å². The highest BCUT2D eigenvalue weighted by Gasteiger charge is 2.23. The van der Waals surface area contributed by atoms with Crippen LogP contribution in [0.1, 0.15) is 6.92 Å². The van der Waals surface area contributed by atoms with Gasteiger partial charge in [0.15, 0.2) is 0 Å². The van der Waals surface area contributed by atoms with Crippen molar-refractivity contribution in [2.45, 2.75) is 19.6 Å². The Morgan fingerprint density at radius 2 is 1.54 bits per heavy atom. The van der Waals surface area contributed by atoms with Gasteiger partial charge in [-0.1, -0.05) is 6.92 Å². The lowest BCUT2D eigenvalue weighted by molar-refractivity contribution is 0.136. The van der Waals surface area contributed by atoms with Gasteiger partial charge in [-0.15, -0.1) is 0 Å². The molecule has 4 nitrogen and oxygen atoms in total. The van der Waals surface area contributed by atoms with Gasteiger partial charge >= 0.3 is 0 Å². The van der Waals surface area contributed by atoms with Crippen molar-refractivity contribution in [3.8, 4) is 0 Å². The van der Waals surface area contributed by atoms with Crippen LogP contribution in [0.5, 0.6) is 0 Å². The van der Waals surface area contributed by atoms with Crippen LogP contribution in [0, 0.1) is 11.6 Å². The van der Waals surface area contributed by atoms with Crippen molar-refractivity contribution >= 4 is 33.9 Å². The maximum Gasteiger partial charge on any atom is 0.123 e. The van der Waals surface area contributed by atoms with Crippen molar-refractivity contribution in [3.05, 3.63) is 48.0 Å². The van der Waals surface area contributed by atoms with E-state index in [1.54, 1.807) is 24.3 Å². The lowest BCUT2D eigenvalue weighted by atomic mass is 10.1. The van der Waals surface area contributed by atoms with E-state index in [9.17, 15) is 13.9 Å². The topological polar surface area (TPSA) is 31.6 Å². The molecule has 0 amide bonds. The molecule has 0 radical (unpaired) electrons. The number of aromatic nitrogens is 1. The maximum absolute atomic E-state index is 13.7. The summed E-state index contributed by atoms with van der Waals surface area (Å²) in [4.78, 5) is 0. The third-order valence-electron chi connectivity index (χ3n) is 4.78. The van der Waals surface area contributed by atoms with Crippen LogP contribution in [0.25, 0.3) is 21.8 Å². The number of aliphatic hydroxyl groups is 1. The molecule has 7 heteroatoms. The fraction of sp³-hybridized carbons (Fsp3) is 0.368. The standard InChI is InChI=1S/C19H21F2N3OS/c1-2-22-7-8-23(26-22)11-15(25)12-24-18-5-3-13(20)9-16(18)17-10-14(21)4-6-19(17)24/h3-6,9-10,15,25H,2,7-8,11-12H2,1H3. The van der Waals surface area contributed by atoms with Crippen LogP contribution in [-0.2, 0) is 6.54 Å². The second kappa shape index (κ2) is 7.15. The predicted octanol–water partition coefficient (Wildman–Crippen LogP) is 3.63. The van der Waals surface area contributed by atoms with E-state index >= 15 is 0 Å². The molecule has 1 aromatic heterocycles. The lowest BCUT2D eigenvalue weighted by Gasteiger charge is -2.20. The summed E-state index contributed by atoms with van der Waals surface area (Å²) in [6.45, 7) is 5.91. The number of nitrogens with zero attached hydrogens (tertiary/aromatic N) is 3. The largest absolute Gasteiger partial charge is 0.390 e. The maximum atomic E-state index is 13.7. The highest BCUT2D eigenvalue weighted by Crippen LogP contribution is 2.31. The van der Waals surface area contributed by atoms with Crippen molar-refractivity contribution in [3.63, 3.8) is 0 Å². The van der Waals surface area contributed by atoms with Gasteiger partial charge in [0.05, 0.1) is 12.6 Å². The molecule has 26 heavy (non-hydrogen) atoms. The summed E-state index contributed by atoms with van der Waals surface area (Å²) in [6.07, 6.45) is -0.576. The quantitative estimate of drug-likeness (QED) is 0.688. The predicted molar refractivity (Wildman–Crippen MR) is 102 cm³/mol. The molecule has 2 aromatic carbocycles. The van der Waals surface area contributed by atoms with E-state index in [1.165, 1.54) is 24.3 Å².